The fraction of sp³-hybridized carbons (Fsp3) is 0.192. The van der Waals surface area contributed by atoms with Crippen LogP contribution in [0.4, 0.5) is 0 Å². The van der Waals surface area contributed by atoms with Crippen LogP contribution in [-0.2, 0) is 9.53 Å². The van der Waals surface area contributed by atoms with Gasteiger partial charge in [-0.25, -0.2) is 0 Å². The molecule has 0 N–H and O–H groups in total. The number of ether oxygens (including phenoxy) is 1. The first-order valence-corrected chi connectivity index (χ1v) is 12.0. The van der Waals surface area contributed by atoms with E-state index in [0.717, 1.165) is 26.8 Å². The van der Waals surface area contributed by atoms with Gasteiger partial charge in [0.05, 0.1) is 0 Å². The molecule has 2 atom stereocenters. The molecule has 0 saturated carbocycles. The fourth-order valence-electron chi connectivity index (χ4n) is 3.82. The Morgan fingerprint density at radius 3 is 2.19 bits per heavy atom. The fourth-order valence-corrected chi connectivity index (χ4v) is 5.59. The van der Waals surface area contributed by atoms with Crippen LogP contribution in [-0.4, -0.2) is 36.5 Å². The summed E-state index contributed by atoms with van der Waals surface area (Å²) in [6, 6.07) is 28.4. The topological polar surface area (TPSA) is 52.1 Å². The number of nitrogens with zero attached hydrogens (tertiary/aromatic N) is 2. The summed E-state index contributed by atoms with van der Waals surface area (Å²) in [6.45, 7) is 4.25. The first-order valence-electron chi connectivity index (χ1n) is 10.3. The number of benzene rings is 3. The Bertz CT molecular complexity index is 1130. The van der Waals surface area contributed by atoms with Crippen molar-refractivity contribution in [2.24, 2.45) is 0 Å². The number of hydrogen-bond donors (Lipinski definition) is 0. The van der Waals surface area contributed by atoms with Crippen LogP contribution in [0.25, 0.3) is 11.3 Å². The van der Waals surface area contributed by atoms with Gasteiger partial charge in [0.1, 0.15) is 0 Å². The third kappa shape index (κ3) is 4.68. The van der Waals surface area contributed by atoms with Gasteiger partial charge in [-0.3, -0.25) is 0 Å². The second-order valence-electron chi connectivity index (χ2n) is 7.38. The van der Waals surface area contributed by atoms with Crippen LogP contribution in [0, 0.1) is 6.92 Å². The van der Waals surface area contributed by atoms with Crippen LogP contribution in [0.2, 0.25) is 0 Å². The number of esters is 1. The molecular formula is C26H24N2O2Se. The molecule has 31 heavy (non-hydrogen) atoms. The van der Waals surface area contributed by atoms with E-state index < -0.39 is 5.92 Å². The van der Waals surface area contributed by atoms with Crippen molar-refractivity contribution in [3.63, 3.8) is 0 Å². The predicted octanol–water partition coefficient (Wildman–Crippen LogP) is 4.99. The molecule has 0 aliphatic rings. The minimum absolute atomic E-state index is 0.194. The molecule has 0 radical (unpaired) electrons. The van der Waals surface area contributed by atoms with E-state index in [2.05, 4.69) is 40.4 Å². The van der Waals surface area contributed by atoms with Crippen LogP contribution in [0.1, 0.15) is 39.9 Å². The second-order valence-corrected chi connectivity index (χ2v) is 9.03. The minimum atomic E-state index is -0.469. The average Bonchev–Trinajstić information content (AvgIpc) is 3.29. The van der Waals surface area contributed by atoms with Crippen molar-refractivity contribution in [2.45, 2.75) is 25.7 Å². The molecule has 4 aromatic rings. The summed E-state index contributed by atoms with van der Waals surface area (Å²) in [4.78, 5) is 13.3. The zero-order valence-corrected chi connectivity index (χ0v) is 19.3. The molecule has 1 heterocycles. The standard InChI is InChI=1S/C26H24N2O2Se/c1-3-30-26(29)23(19-10-6-4-7-11-19)22(20-16-14-18(2)15-17-20)25-24(27-28-31-25)21-12-8-5-9-13-21/h4-17,22-23H,3H2,1-2H3/t22-,23-/m1/s1. The Morgan fingerprint density at radius 2 is 1.55 bits per heavy atom. The molecule has 4 rings (SSSR count). The van der Waals surface area contributed by atoms with Crippen molar-refractivity contribution < 1.29 is 9.53 Å². The molecule has 156 valence electrons. The number of hydrogen-bond acceptors (Lipinski definition) is 4. The van der Waals surface area contributed by atoms with Gasteiger partial charge in [-0.2, -0.15) is 0 Å². The Hall–Kier alpha value is -3.01. The normalized spacial score (nSPS) is 12.8. The van der Waals surface area contributed by atoms with Crippen molar-refractivity contribution in [2.75, 3.05) is 6.61 Å². The molecule has 5 heteroatoms. The van der Waals surface area contributed by atoms with Gasteiger partial charge in [-0.15, -0.1) is 0 Å². The average molecular weight is 475 g/mol. The van der Waals surface area contributed by atoms with Gasteiger partial charge < -0.3 is 0 Å². The molecule has 1 aromatic heterocycles. The number of carbonyl (C=O) groups is 1. The zero-order valence-electron chi connectivity index (χ0n) is 17.6. The molecule has 0 aliphatic carbocycles. The maximum absolute atomic E-state index is 13.3. The third-order valence-electron chi connectivity index (χ3n) is 5.31. The molecule has 0 saturated heterocycles. The van der Waals surface area contributed by atoms with E-state index in [1.807, 2.05) is 67.6 Å². The van der Waals surface area contributed by atoms with Crippen LogP contribution < -0.4 is 0 Å². The van der Waals surface area contributed by atoms with E-state index in [4.69, 9.17) is 4.74 Å². The van der Waals surface area contributed by atoms with Crippen LogP contribution in [0.5, 0.6) is 0 Å². The molecule has 3 aromatic carbocycles. The Morgan fingerprint density at radius 1 is 0.903 bits per heavy atom. The first kappa shape index (κ1) is 21.2. The van der Waals surface area contributed by atoms with E-state index >= 15 is 0 Å². The van der Waals surface area contributed by atoms with Gasteiger partial charge in [0.15, 0.2) is 0 Å². The number of aromatic nitrogens is 2. The van der Waals surface area contributed by atoms with Crippen LogP contribution in [0.3, 0.4) is 0 Å². The second kappa shape index (κ2) is 9.86. The molecule has 0 amide bonds. The van der Waals surface area contributed by atoms with E-state index in [9.17, 15) is 4.79 Å². The summed E-state index contributed by atoms with van der Waals surface area (Å²) in [7, 11) is 0. The summed E-state index contributed by atoms with van der Waals surface area (Å²) < 4.78 is 11.1. The van der Waals surface area contributed by atoms with Crippen LogP contribution in [0.15, 0.2) is 84.9 Å². The monoisotopic (exact) mass is 476 g/mol. The molecule has 4 nitrogen and oxygen atoms in total. The SMILES string of the molecule is CCOC(=O)[C@H](c1ccccc1)[C@@H](c1ccc(C)cc1)c1[se]nnc1-c1ccccc1. The molecule has 0 aliphatic heterocycles. The summed E-state index contributed by atoms with van der Waals surface area (Å²) >= 11 is -0.194. The summed E-state index contributed by atoms with van der Waals surface area (Å²) in [5.74, 6) is -0.892. The van der Waals surface area contributed by atoms with Gasteiger partial charge in [-0.05, 0) is 0 Å². The number of rotatable bonds is 7. The van der Waals surface area contributed by atoms with E-state index in [1.165, 1.54) is 5.56 Å². The van der Waals surface area contributed by atoms with Gasteiger partial charge in [0, 0.05) is 0 Å². The van der Waals surface area contributed by atoms with Crippen LogP contribution >= 0.6 is 0 Å². The zero-order chi connectivity index (χ0) is 21.6. The first-order chi connectivity index (χ1) is 15.2. The predicted molar refractivity (Wildman–Crippen MR) is 123 cm³/mol. The summed E-state index contributed by atoms with van der Waals surface area (Å²) in [6.07, 6.45) is 0. The summed E-state index contributed by atoms with van der Waals surface area (Å²) in [5.41, 5.74) is 5.09. The van der Waals surface area contributed by atoms with E-state index in [-0.39, 0.29) is 26.6 Å². The Balaban J connectivity index is 1.92. The van der Waals surface area contributed by atoms with Crippen molar-refractivity contribution in [1.29, 1.82) is 0 Å². The summed E-state index contributed by atoms with van der Waals surface area (Å²) in [5, 5.41) is 4.51. The van der Waals surface area contributed by atoms with Gasteiger partial charge >= 0.3 is 189 Å². The molecule has 0 bridgehead atoms. The molecular weight excluding hydrogens is 451 g/mol. The molecule has 0 unspecified atom stereocenters. The van der Waals surface area contributed by atoms with Crippen molar-refractivity contribution in [3.8, 4) is 11.3 Å². The Kier molecular flexibility index (Phi) is 6.76. The quantitative estimate of drug-likeness (QED) is 0.279. The van der Waals surface area contributed by atoms with Crippen molar-refractivity contribution >= 4 is 20.7 Å². The van der Waals surface area contributed by atoms with E-state index in [0.29, 0.717) is 6.61 Å². The Labute approximate surface area is 188 Å². The van der Waals surface area contributed by atoms with Crippen molar-refractivity contribution in [1.82, 2.24) is 9.19 Å². The molecule has 0 spiro atoms. The van der Waals surface area contributed by atoms with Gasteiger partial charge in [0.2, 0.25) is 0 Å². The maximum atomic E-state index is 13.3. The molecule has 0 fully saturated rings. The van der Waals surface area contributed by atoms with Gasteiger partial charge in [0.25, 0.3) is 0 Å². The number of aryl methyl sites for hydroxylation is 1. The van der Waals surface area contributed by atoms with E-state index in [1.54, 1.807) is 0 Å². The van der Waals surface area contributed by atoms with Gasteiger partial charge in [-0.1, -0.05) is 0 Å². The van der Waals surface area contributed by atoms with Crippen molar-refractivity contribution in [3.05, 3.63) is 106 Å². The third-order valence-corrected chi connectivity index (χ3v) is 7.01. The number of carbonyl (C=O) groups excluding carboxylic acids is 1.